The fourth-order valence-corrected chi connectivity index (χ4v) is 3.09. The largest absolute Gasteiger partial charge is 0.497 e. The second kappa shape index (κ2) is 7.52. The summed E-state index contributed by atoms with van der Waals surface area (Å²) in [7, 11) is 1.59. The Morgan fingerprint density at radius 3 is 2.75 bits per heavy atom. The van der Waals surface area contributed by atoms with E-state index in [1.807, 2.05) is 12.1 Å². The number of carbonyl (C=O) groups excluding carboxylic acids is 1. The van der Waals surface area contributed by atoms with Crippen molar-refractivity contribution in [3.05, 3.63) is 58.9 Å². The van der Waals surface area contributed by atoms with Gasteiger partial charge in [-0.3, -0.25) is 0 Å². The predicted octanol–water partition coefficient (Wildman–Crippen LogP) is 4.01. The number of aromatic nitrogens is 2. The highest BCUT2D eigenvalue weighted by Gasteiger charge is 2.32. The van der Waals surface area contributed by atoms with Crippen LogP contribution in [0.4, 0.5) is 0 Å². The molecule has 0 N–H and O–H groups in total. The average Bonchev–Trinajstić information content (AvgIpc) is 3.35. The summed E-state index contributed by atoms with van der Waals surface area (Å²) in [4.78, 5) is 12.4. The number of rotatable bonds is 5. The van der Waals surface area contributed by atoms with Gasteiger partial charge in [-0.25, -0.2) is 4.79 Å². The van der Waals surface area contributed by atoms with Gasteiger partial charge in [-0.15, -0.1) is 10.2 Å². The maximum Gasteiger partial charge on any atom is 0.348 e. The Morgan fingerprint density at radius 2 is 2.00 bits per heavy atom. The van der Waals surface area contributed by atoms with Gasteiger partial charge in [0, 0.05) is 17.0 Å². The highest BCUT2D eigenvalue weighted by atomic mass is 35.5. The van der Waals surface area contributed by atoms with Gasteiger partial charge in [0.15, 0.2) is 12.2 Å². The van der Waals surface area contributed by atoms with E-state index in [4.69, 9.17) is 30.2 Å². The molecular weight excluding hydrogens is 384 g/mol. The molecule has 0 radical (unpaired) electrons. The maximum absolute atomic E-state index is 12.4. The zero-order valence-corrected chi connectivity index (χ0v) is 16.0. The summed E-state index contributed by atoms with van der Waals surface area (Å²) < 4.78 is 21.9. The normalized spacial score (nSPS) is 16.2. The number of fused-ring (bicyclic) bond motifs is 1. The monoisotopic (exact) mass is 400 g/mol. The first kappa shape index (κ1) is 18.3. The van der Waals surface area contributed by atoms with Crippen LogP contribution < -0.4 is 9.47 Å². The van der Waals surface area contributed by atoms with Crippen LogP contribution in [0.15, 0.2) is 46.9 Å². The minimum absolute atomic E-state index is 0.206. The van der Waals surface area contributed by atoms with Crippen LogP contribution in [0.3, 0.4) is 0 Å². The molecule has 0 aliphatic carbocycles. The summed E-state index contributed by atoms with van der Waals surface area (Å²) in [5.41, 5.74) is 1.62. The van der Waals surface area contributed by atoms with E-state index in [1.165, 1.54) is 0 Å². The summed E-state index contributed by atoms with van der Waals surface area (Å²) in [5, 5.41) is 8.60. The third-order valence-corrected chi connectivity index (χ3v) is 4.61. The van der Waals surface area contributed by atoms with E-state index in [1.54, 1.807) is 44.4 Å². The Hall–Kier alpha value is -3.06. The van der Waals surface area contributed by atoms with Gasteiger partial charge in [-0.2, -0.15) is 0 Å². The molecule has 0 amide bonds. The molecule has 0 fully saturated rings. The zero-order chi connectivity index (χ0) is 19.7. The molecule has 0 spiro atoms. The van der Waals surface area contributed by atoms with Gasteiger partial charge in [-0.05, 0) is 55.0 Å². The molecule has 1 aliphatic heterocycles. The summed E-state index contributed by atoms with van der Waals surface area (Å²) in [6.45, 7) is 1.67. The van der Waals surface area contributed by atoms with Crippen LogP contribution in [0.25, 0.3) is 11.5 Å². The Bertz CT molecular complexity index is 1000. The van der Waals surface area contributed by atoms with E-state index >= 15 is 0 Å². The van der Waals surface area contributed by atoms with Crippen molar-refractivity contribution in [3.63, 3.8) is 0 Å². The summed E-state index contributed by atoms with van der Waals surface area (Å²) in [6, 6.07) is 12.5. The number of methoxy groups -OCH3 is 1. The quantitative estimate of drug-likeness (QED) is 0.598. The van der Waals surface area contributed by atoms with E-state index in [0.29, 0.717) is 23.1 Å². The molecular formula is C20H17ClN2O5. The zero-order valence-electron chi connectivity index (χ0n) is 15.2. The molecule has 1 aliphatic rings. The smallest absolute Gasteiger partial charge is 0.348 e. The van der Waals surface area contributed by atoms with Crippen molar-refractivity contribution in [2.24, 2.45) is 0 Å². The standard InChI is InChI=1S/C20H17ClN2O5/c1-11(18-22-23-19(28-18)12-3-6-15(25-2)7-4-12)26-20(24)17-10-13-9-14(21)5-8-16(13)27-17/h3-9,11,17H,10H2,1-2H3/t11-,17+/m1/s1. The van der Waals surface area contributed by atoms with Crippen LogP contribution in [-0.2, 0) is 16.0 Å². The number of carbonyl (C=O) groups is 1. The molecule has 4 rings (SSSR count). The van der Waals surface area contributed by atoms with Crippen molar-refractivity contribution >= 4 is 17.6 Å². The van der Waals surface area contributed by atoms with E-state index in [9.17, 15) is 4.79 Å². The molecule has 0 saturated carbocycles. The molecule has 28 heavy (non-hydrogen) atoms. The van der Waals surface area contributed by atoms with Crippen LogP contribution >= 0.6 is 11.6 Å². The fourth-order valence-electron chi connectivity index (χ4n) is 2.90. The van der Waals surface area contributed by atoms with Gasteiger partial charge in [0.25, 0.3) is 5.89 Å². The van der Waals surface area contributed by atoms with Gasteiger partial charge in [-0.1, -0.05) is 11.6 Å². The van der Waals surface area contributed by atoms with Crippen molar-refractivity contribution in [3.8, 4) is 23.0 Å². The van der Waals surface area contributed by atoms with Crippen LogP contribution in [-0.4, -0.2) is 29.4 Å². The van der Waals surface area contributed by atoms with Crippen LogP contribution in [0.5, 0.6) is 11.5 Å². The SMILES string of the molecule is COc1ccc(-c2nnc([C@@H](C)OC(=O)[C@@H]3Cc4cc(Cl)ccc4O3)o2)cc1. The number of hydrogen-bond donors (Lipinski definition) is 0. The number of benzene rings is 2. The minimum Gasteiger partial charge on any atom is -0.497 e. The van der Waals surface area contributed by atoms with E-state index in [-0.39, 0.29) is 5.89 Å². The second-order valence-corrected chi connectivity index (χ2v) is 6.75. The van der Waals surface area contributed by atoms with Crippen LogP contribution in [0, 0.1) is 0 Å². The van der Waals surface area contributed by atoms with Gasteiger partial charge >= 0.3 is 5.97 Å². The lowest BCUT2D eigenvalue weighted by Crippen LogP contribution is -2.28. The number of ether oxygens (including phenoxy) is 3. The van der Waals surface area contributed by atoms with Crippen LogP contribution in [0.1, 0.15) is 24.5 Å². The third-order valence-electron chi connectivity index (χ3n) is 4.38. The maximum atomic E-state index is 12.4. The lowest BCUT2D eigenvalue weighted by atomic mass is 10.1. The first-order chi connectivity index (χ1) is 13.5. The summed E-state index contributed by atoms with van der Waals surface area (Å²) >= 11 is 5.98. The van der Waals surface area contributed by atoms with Crippen LogP contribution in [0.2, 0.25) is 5.02 Å². The molecule has 2 atom stereocenters. The molecule has 3 aromatic rings. The molecule has 0 saturated heterocycles. The topological polar surface area (TPSA) is 83.7 Å². The molecule has 2 heterocycles. The second-order valence-electron chi connectivity index (χ2n) is 6.32. The van der Waals surface area contributed by atoms with Crippen molar-refractivity contribution in [2.75, 3.05) is 7.11 Å². The fraction of sp³-hybridized carbons (Fsp3) is 0.250. The number of esters is 1. The number of nitrogens with zero attached hydrogens (tertiary/aromatic N) is 2. The Kier molecular flexibility index (Phi) is 4.92. The van der Waals surface area contributed by atoms with Crippen molar-refractivity contribution in [1.29, 1.82) is 0 Å². The van der Waals surface area contributed by atoms with Gasteiger partial charge in [0.05, 0.1) is 7.11 Å². The first-order valence-corrected chi connectivity index (χ1v) is 9.04. The highest BCUT2D eigenvalue weighted by molar-refractivity contribution is 6.30. The Labute approximate surface area is 166 Å². The van der Waals surface area contributed by atoms with Gasteiger partial charge < -0.3 is 18.6 Å². The van der Waals surface area contributed by atoms with Crippen molar-refractivity contribution in [2.45, 2.75) is 25.6 Å². The van der Waals surface area contributed by atoms with E-state index in [2.05, 4.69) is 10.2 Å². The molecule has 1 aromatic heterocycles. The lowest BCUT2D eigenvalue weighted by Gasteiger charge is -2.13. The van der Waals surface area contributed by atoms with E-state index < -0.39 is 18.2 Å². The summed E-state index contributed by atoms with van der Waals surface area (Å²) in [6.07, 6.45) is -1.02. The molecule has 0 unspecified atom stereocenters. The summed E-state index contributed by atoms with van der Waals surface area (Å²) in [5.74, 6) is 1.41. The van der Waals surface area contributed by atoms with Crippen molar-refractivity contribution in [1.82, 2.24) is 10.2 Å². The average molecular weight is 401 g/mol. The van der Waals surface area contributed by atoms with Gasteiger partial charge in [0.2, 0.25) is 5.89 Å². The molecule has 7 nitrogen and oxygen atoms in total. The van der Waals surface area contributed by atoms with Gasteiger partial charge in [0.1, 0.15) is 11.5 Å². The molecule has 2 aromatic carbocycles. The Morgan fingerprint density at radius 1 is 1.21 bits per heavy atom. The van der Waals surface area contributed by atoms with Crippen molar-refractivity contribution < 1.29 is 23.4 Å². The first-order valence-electron chi connectivity index (χ1n) is 8.67. The number of hydrogen-bond acceptors (Lipinski definition) is 7. The number of halogens is 1. The predicted molar refractivity (Wildman–Crippen MR) is 100 cm³/mol. The lowest BCUT2D eigenvalue weighted by molar-refractivity contribution is -0.157. The molecule has 144 valence electrons. The van der Waals surface area contributed by atoms with E-state index in [0.717, 1.165) is 16.9 Å². The molecule has 0 bridgehead atoms. The molecule has 8 heteroatoms. The minimum atomic E-state index is -0.722. The third kappa shape index (κ3) is 3.66. The Balaban J connectivity index is 1.40. The highest BCUT2D eigenvalue weighted by Crippen LogP contribution is 2.32.